The number of amides is 1. The summed E-state index contributed by atoms with van der Waals surface area (Å²) in [6, 6.07) is 0. The van der Waals surface area contributed by atoms with Gasteiger partial charge in [0.1, 0.15) is 4.47 Å². The number of fused-ring (bicyclic) bond motifs is 1. The van der Waals surface area contributed by atoms with Gasteiger partial charge in [-0.25, -0.2) is 4.98 Å². The molecule has 0 fully saturated rings. The first kappa shape index (κ1) is 9.72. The minimum Gasteiger partial charge on any atom is -0.272 e. The molecular weight excluding hydrogens is 270 g/mol. The molecule has 0 atom stereocenters. The van der Waals surface area contributed by atoms with Crippen LogP contribution < -0.4 is 11.0 Å². The normalized spacial score (nSPS) is 14.9. The van der Waals surface area contributed by atoms with Crippen LogP contribution in [0.5, 0.6) is 0 Å². The van der Waals surface area contributed by atoms with E-state index in [1.165, 1.54) is 11.8 Å². The highest BCUT2D eigenvalue weighted by Crippen LogP contribution is 2.19. The average molecular weight is 276 g/mol. The molecule has 1 aliphatic heterocycles. The van der Waals surface area contributed by atoms with Crippen molar-refractivity contribution in [3.8, 4) is 0 Å². The van der Waals surface area contributed by atoms with Crippen LogP contribution in [-0.2, 0) is 4.79 Å². The van der Waals surface area contributed by atoms with Crippen molar-refractivity contribution in [2.24, 2.45) is 0 Å². The fourth-order valence-electron chi connectivity index (χ4n) is 1.06. The lowest BCUT2D eigenvalue weighted by Gasteiger charge is -2.17. The number of hydrogen-bond acceptors (Lipinski definition) is 4. The maximum absolute atomic E-state index is 11.6. The standard InChI is InChI=1S/C7H6BrN3O2S/c1-3-5(8)6(13)11-7(9-3)14-2-4(12)10-11/h2H2,1H3,(H,10,12). The van der Waals surface area contributed by atoms with E-state index in [0.29, 0.717) is 21.1 Å². The smallest absolute Gasteiger partial charge is 0.272 e. The van der Waals surface area contributed by atoms with E-state index in [4.69, 9.17) is 0 Å². The van der Waals surface area contributed by atoms with Crippen LogP contribution >= 0.6 is 27.7 Å². The summed E-state index contributed by atoms with van der Waals surface area (Å²) >= 11 is 4.37. The van der Waals surface area contributed by atoms with Gasteiger partial charge in [-0.3, -0.25) is 15.0 Å². The van der Waals surface area contributed by atoms with Crippen LogP contribution in [0.25, 0.3) is 0 Å². The number of carbonyl (C=O) groups is 1. The molecule has 1 aromatic heterocycles. The van der Waals surface area contributed by atoms with Crippen LogP contribution in [0.3, 0.4) is 0 Å². The molecule has 0 radical (unpaired) electrons. The third kappa shape index (κ3) is 1.46. The zero-order valence-corrected chi connectivity index (χ0v) is 9.61. The molecule has 5 nitrogen and oxygen atoms in total. The summed E-state index contributed by atoms with van der Waals surface area (Å²) in [6.45, 7) is 1.74. The van der Waals surface area contributed by atoms with Gasteiger partial charge in [-0.05, 0) is 22.9 Å². The summed E-state index contributed by atoms with van der Waals surface area (Å²) in [5.74, 6) is 0.107. The Hall–Kier alpha value is -0.820. The highest BCUT2D eigenvalue weighted by atomic mass is 79.9. The Morgan fingerprint density at radius 3 is 3.00 bits per heavy atom. The highest BCUT2D eigenvalue weighted by Gasteiger charge is 2.19. The van der Waals surface area contributed by atoms with Crippen molar-refractivity contribution >= 4 is 33.6 Å². The van der Waals surface area contributed by atoms with Gasteiger partial charge in [0, 0.05) is 0 Å². The summed E-state index contributed by atoms with van der Waals surface area (Å²) in [4.78, 5) is 26.8. The van der Waals surface area contributed by atoms with Crippen LogP contribution in [0.4, 0.5) is 0 Å². The first-order valence-electron chi connectivity index (χ1n) is 3.81. The van der Waals surface area contributed by atoms with Gasteiger partial charge in [0.2, 0.25) is 5.91 Å². The second kappa shape index (κ2) is 3.39. The Balaban J connectivity index is 2.67. The molecule has 7 heteroatoms. The van der Waals surface area contributed by atoms with Gasteiger partial charge in [-0.2, -0.15) is 4.68 Å². The van der Waals surface area contributed by atoms with Crippen molar-refractivity contribution in [1.82, 2.24) is 9.66 Å². The summed E-state index contributed by atoms with van der Waals surface area (Å²) in [7, 11) is 0. The molecule has 0 saturated carbocycles. The number of halogens is 1. The summed E-state index contributed by atoms with van der Waals surface area (Å²) < 4.78 is 1.54. The monoisotopic (exact) mass is 275 g/mol. The SMILES string of the molecule is Cc1nc2n(c(=O)c1Br)NC(=O)CS2. The summed E-state index contributed by atoms with van der Waals surface area (Å²) in [5.41, 5.74) is 2.79. The number of carbonyl (C=O) groups excluding carboxylic acids is 1. The number of rotatable bonds is 0. The average Bonchev–Trinajstić information content (AvgIpc) is 2.16. The van der Waals surface area contributed by atoms with Crippen molar-refractivity contribution < 1.29 is 4.79 Å². The molecule has 1 aliphatic rings. The quantitative estimate of drug-likeness (QED) is 0.700. The van der Waals surface area contributed by atoms with Crippen LogP contribution in [0, 0.1) is 6.92 Å². The van der Waals surface area contributed by atoms with Crippen molar-refractivity contribution in [2.45, 2.75) is 12.1 Å². The van der Waals surface area contributed by atoms with E-state index >= 15 is 0 Å². The van der Waals surface area contributed by atoms with E-state index in [-0.39, 0.29) is 11.5 Å². The van der Waals surface area contributed by atoms with E-state index in [0.717, 1.165) is 4.68 Å². The van der Waals surface area contributed by atoms with Gasteiger partial charge in [0.15, 0.2) is 5.16 Å². The van der Waals surface area contributed by atoms with Crippen LogP contribution in [0.1, 0.15) is 5.69 Å². The molecule has 0 bridgehead atoms. The molecule has 2 heterocycles. The van der Waals surface area contributed by atoms with Crippen molar-refractivity contribution in [3.05, 3.63) is 20.5 Å². The molecule has 0 aromatic carbocycles. The molecular formula is C7H6BrN3O2S. The Labute approximate surface area is 92.0 Å². The van der Waals surface area contributed by atoms with Crippen molar-refractivity contribution in [1.29, 1.82) is 0 Å². The van der Waals surface area contributed by atoms with Crippen LogP contribution in [-0.4, -0.2) is 21.3 Å². The second-order valence-electron chi connectivity index (χ2n) is 2.76. The molecule has 14 heavy (non-hydrogen) atoms. The van der Waals surface area contributed by atoms with Gasteiger partial charge in [-0.1, -0.05) is 11.8 Å². The first-order chi connectivity index (χ1) is 6.59. The van der Waals surface area contributed by atoms with Gasteiger partial charge in [0.25, 0.3) is 5.56 Å². The second-order valence-corrected chi connectivity index (χ2v) is 4.49. The lowest BCUT2D eigenvalue weighted by atomic mass is 10.4. The zero-order valence-electron chi connectivity index (χ0n) is 7.20. The van der Waals surface area contributed by atoms with Crippen LogP contribution in [0.2, 0.25) is 0 Å². The number of aromatic nitrogens is 2. The molecule has 1 N–H and O–H groups in total. The molecule has 1 aromatic rings. The molecule has 0 unspecified atom stereocenters. The third-order valence-corrected chi connectivity index (χ3v) is 3.58. The largest absolute Gasteiger partial charge is 0.287 e. The van der Waals surface area contributed by atoms with Crippen molar-refractivity contribution in [2.75, 3.05) is 11.2 Å². The molecule has 2 rings (SSSR count). The third-order valence-electron chi connectivity index (χ3n) is 1.73. The topological polar surface area (TPSA) is 64.0 Å². The number of hydrogen-bond donors (Lipinski definition) is 1. The predicted octanol–water partition coefficient (Wildman–Crippen LogP) is 0.490. The summed E-state index contributed by atoms with van der Waals surface area (Å²) in [6.07, 6.45) is 0. The lowest BCUT2D eigenvalue weighted by Crippen LogP contribution is -2.39. The molecule has 0 saturated heterocycles. The Kier molecular flexibility index (Phi) is 2.36. The van der Waals surface area contributed by atoms with E-state index in [1.54, 1.807) is 6.92 Å². The molecule has 0 spiro atoms. The number of nitrogens with one attached hydrogen (secondary N) is 1. The lowest BCUT2D eigenvalue weighted by molar-refractivity contribution is -0.115. The molecule has 74 valence electrons. The van der Waals surface area contributed by atoms with E-state index in [1.807, 2.05) is 0 Å². The number of nitrogens with zero attached hydrogens (tertiary/aromatic N) is 2. The Morgan fingerprint density at radius 1 is 1.57 bits per heavy atom. The minimum absolute atomic E-state index is 0.192. The number of aryl methyl sites for hydroxylation is 1. The van der Waals surface area contributed by atoms with Gasteiger partial charge >= 0.3 is 0 Å². The Morgan fingerprint density at radius 2 is 2.29 bits per heavy atom. The van der Waals surface area contributed by atoms with E-state index < -0.39 is 0 Å². The van der Waals surface area contributed by atoms with Gasteiger partial charge in [0.05, 0.1) is 11.4 Å². The van der Waals surface area contributed by atoms with Crippen LogP contribution in [0.15, 0.2) is 14.4 Å². The maximum atomic E-state index is 11.6. The predicted molar refractivity (Wildman–Crippen MR) is 56.0 cm³/mol. The van der Waals surface area contributed by atoms with Gasteiger partial charge < -0.3 is 0 Å². The van der Waals surface area contributed by atoms with E-state index in [9.17, 15) is 9.59 Å². The highest BCUT2D eigenvalue weighted by molar-refractivity contribution is 9.10. The first-order valence-corrected chi connectivity index (χ1v) is 5.59. The zero-order chi connectivity index (χ0) is 10.3. The minimum atomic E-state index is -0.284. The Bertz CT molecular complexity index is 471. The van der Waals surface area contributed by atoms with E-state index in [2.05, 4.69) is 26.3 Å². The maximum Gasteiger partial charge on any atom is 0.287 e. The molecule has 0 aliphatic carbocycles. The van der Waals surface area contributed by atoms with Gasteiger partial charge in [-0.15, -0.1) is 0 Å². The fraction of sp³-hybridized carbons (Fsp3) is 0.286. The van der Waals surface area contributed by atoms with Crippen molar-refractivity contribution in [3.63, 3.8) is 0 Å². The molecule has 1 amide bonds. The summed E-state index contributed by atoms with van der Waals surface area (Å²) in [5, 5.41) is 0.523. The fourth-order valence-corrected chi connectivity index (χ4v) is 2.11. The number of thioether (sulfide) groups is 1.